The van der Waals surface area contributed by atoms with E-state index in [0.29, 0.717) is 10.6 Å². The van der Waals surface area contributed by atoms with Gasteiger partial charge in [0.2, 0.25) is 0 Å². The molecule has 19 heavy (non-hydrogen) atoms. The minimum Gasteiger partial charge on any atom is -0.399 e. The normalized spacial score (nSPS) is 10.3. The summed E-state index contributed by atoms with van der Waals surface area (Å²) in [7, 11) is 0. The third-order valence-corrected chi connectivity index (χ3v) is 3.18. The van der Waals surface area contributed by atoms with Crippen molar-refractivity contribution in [3.63, 3.8) is 0 Å². The van der Waals surface area contributed by atoms with Gasteiger partial charge in [0.25, 0.3) is 5.91 Å². The van der Waals surface area contributed by atoms with Gasteiger partial charge in [0.05, 0.1) is 0 Å². The fraction of sp³-hybridized carbons (Fsp3) is 0.133. The molecule has 4 heteroatoms. The predicted molar refractivity (Wildman–Crippen MR) is 79.7 cm³/mol. The molecule has 2 aromatic carbocycles. The fourth-order valence-corrected chi connectivity index (χ4v) is 1.99. The van der Waals surface area contributed by atoms with Crippen LogP contribution in [0.5, 0.6) is 0 Å². The van der Waals surface area contributed by atoms with Gasteiger partial charge in [0, 0.05) is 22.0 Å². The lowest BCUT2D eigenvalue weighted by Gasteiger charge is -2.11. The summed E-state index contributed by atoms with van der Waals surface area (Å²) < 4.78 is 0. The molecule has 0 bridgehead atoms. The van der Waals surface area contributed by atoms with Gasteiger partial charge in [-0.2, -0.15) is 0 Å². The zero-order chi connectivity index (χ0) is 14.0. The Bertz CT molecular complexity index is 638. The first kappa shape index (κ1) is 13.4. The van der Waals surface area contributed by atoms with E-state index in [9.17, 15) is 4.79 Å². The number of carbonyl (C=O) groups is 1. The Balaban J connectivity index is 2.27. The van der Waals surface area contributed by atoms with E-state index < -0.39 is 0 Å². The van der Waals surface area contributed by atoms with Crippen molar-refractivity contribution < 1.29 is 4.79 Å². The minimum atomic E-state index is -0.185. The summed E-state index contributed by atoms with van der Waals surface area (Å²) in [6.45, 7) is 3.81. The lowest BCUT2D eigenvalue weighted by atomic mass is 10.1. The van der Waals surface area contributed by atoms with Crippen molar-refractivity contribution in [3.8, 4) is 0 Å². The molecule has 3 N–H and O–H groups in total. The van der Waals surface area contributed by atoms with E-state index >= 15 is 0 Å². The van der Waals surface area contributed by atoms with Crippen LogP contribution in [0, 0.1) is 13.8 Å². The highest BCUT2D eigenvalue weighted by atomic mass is 35.5. The van der Waals surface area contributed by atoms with Crippen molar-refractivity contribution in [2.45, 2.75) is 13.8 Å². The highest BCUT2D eigenvalue weighted by Crippen LogP contribution is 2.23. The van der Waals surface area contributed by atoms with Crippen LogP contribution in [0.25, 0.3) is 0 Å². The van der Waals surface area contributed by atoms with E-state index in [1.807, 2.05) is 26.0 Å². The van der Waals surface area contributed by atoms with Crippen molar-refractivity contribution in [1.29, 1.82) is 0 Å². The van der Waals surface area contributed by atoms with Crippen LogP contribution in [0.3, 0.4) is 0 Å². The molecule has 0 aliphatic rings. The number of amides is 1. The van der Waals surface area contributed by atoms with Gasteiger partial charge in [-0.1, -0.05) is 17.7 Å². The van der Waals surface area contributed by atoms with E-state index in [1.54, 1.807) is 24.3 Å². The number of rotatable bonds is 2. The lowest BCUT2D eigenvalue weighted by molar-refractivity contribution is 0.102. The van der Waals surface area contributed by atoms with Gasteiger partial charge in [0.15, 0.2) is 0 Å². The van der Waals surface area contributed by atoms with Crippen LogP contribution in [0.15, 0.2) is 36.4 Å². The maximum absolute atomic E-state index is 12.1. The molecule has 0 radical (unpaired) electrons. The summed E-state index contributed by atoms with van der Waals surface area (Å²) in [5.74, 6) is -0.185. The number of aryl methyl sites for hydroxylation is 2. The topological polar surface area (TPSA) is 55.1 Å². The maximum Gasteiger partial charge on any atom is 0.255 e. The van der Waals surface area contributed by atoms with Gasteiger partial charge in [0.1, 0.15) is 0 Å². The number of carbonyl (C=O) groups excluding carboxylic acids is 1. The Hall–Kier alpha value is -2.00. The molecule has 1 amide bonds. The van der Waals surface area contributed by atoms with Gasteiger partial charge >= 0.3 is 0 Å². The van der Waals surface area contributed by atoms with Gasteiger partial charge < -0.3 is 11.1 Å². The van der Waals surface area contributed by atoms with E-state index in [0.717, 1.165) is 22.5 Å². The fourth-order valence-electron chi connectivity index (χ4n) is 1.80. The molecule has 0 unspecified atom stereocenters. The summed E-state index contributed by atoms with van der Waals surface area (Å²) in [6, 6.07) is 10.6. The first-order valence-corrected chi connectivity index (χ1v) is 6.29. The lowest BCUT2D eigenvalue weighted by Crippen LogP contribution is -2.13. The molecule has 2 aromatic rings. The highest BCUT2D eigenvalue weighted by molar-refractivity contribution is 6.31. The molecule has 2 rings (SSSR count). The number of nitrogens with two attached hydrogens (primary N) is 1. The van der Waals surface area contributed by atoms with Gasteiger partial charge in [-0.15, -0.1) is 0 Å². The molecule has 0 atom stereocenters. The minimum absolute atomic E-state index is 0.185. The summed E-state index contributed by atoms with van der Waals surface area (Å²) in [4.78, 5) is 12.1. The van der Waals surface area contributed by atoms with Gasteiger partial charge in [-0.25, -0.2) is 0 Å². The SMILES string of the molecule is Cc1cc(NC(=O)c2cccc(Cl)c2)c(C)cc1N. The molecule has 0 saturated carbocycles. The van der Waals surface area contributed by atoms with Crippen LogP contribution in [0.4, 0.5) is 11.4 Å². The second-order valence-electron chi connectivity index (χ2n) is 4.49. The Labute approximate surface area is 117 Å². The van der Waals surface area contributed by atoms with Crippen LogP contribution >= 0.6 is 11.6 Å². The molecule has 0 aromatic heterocycles. The quantitative estimate of drug-likeness (QED) is 0.819. The van der Waals surface area contributed by atoms with E-state index in [2.05, 4.69) is 5.32 Å². The van der Waals surface area contributed by atoms with Gasteiger partial charge in [-0.3, -0.25) is 4.79 Å². The first-order valence-electron chi connectivity index (χ1n) is 5.91. The third-order valence-electron chi connectivity index (χ3n) is 2.95. The first-order chi connectivity index (χ1) is 8.97. The molecule has 3 nitrogen and oxygen atoms in total. The second kappa shape index (κ2) is 5.33. The van der Waals surface area contributed by atoms with E-state index in [4.69, 9.17) is 17.3 Å². The third kappa shape index (κ3) is 3.06. The number of nitrogen functional groups attached to an aromatic ring is 1. The Morgan fingerprint density at radius 2 is 1.89 bits per heavy atom. The number of hydrogen-bond donors (Lipinski definition) is 2. The number of nitrogens with one attached hydrogen (secondary N) is 1. The van der Waals surface area contributed by atoms with Crippen molar-refractivity contribution in [2.75, 3.05) is 11.1 Å². The Morgan fingerprint density at radius 1 is 1.16 bits per heavy atom. The molecule has 98 valence electrons. The van der Waals surface area contributed by atoms with Crippen molar-refractivity contribution >= 4 is 28.9 Å². The molecular weight excluding hydrogens is 260 g/mol. The van der Waals surface area contributed by atoms with Gasteiger partial charge in [-0.05, 0) is 55.3 Å². The smallest absolute Gasteiger partial charge is 0.255 e. The average Bonchev–Trinajstić information content (AvgIpc) is 2.36. The number of hydrogen-bond acceptors (Lipinski definition) is 2. The summed E-state index contributed by atoms with van der Waals surface area (Å²) >= 11 is 5.87. The molecule has 0 aliphatic heterocycles. The maximum atomic E-state index is 12.1. The van der Waals surface area contributed by atoms with Crippen molar-refractivity contribution in [2.24, 2.45) is 0 Å². The monoisotopic (exact) mass is 274 g/mol. The number of halogens is 1. The Morgan fingerprint density at radius 3 is 2.58 bits per heavy atom. The molecule has 0 heterocycles. The molecule has 0 saturated heterocycles. The van der Waals surface area contributed by atoms with Crippen LogP contribution in [0.2, 0.25) is 5.02 Å². The molecule has 0 aliphatic carbocycles. The second-order valence-corrected chi connectivity index (χ2v) is 4.92. The largest absolute Gasteiger partial charge is 0.399 e. The van der Waals surface area contributed by atoms with Crippen LogP contribution < -0.4 is 11.1 Å². The molecule has 0 spiro atoms. The molecular formula is C15H15ClN2O. The van der Waals surface area contributed by atoms with Crippen LogP contribution in [-0.4, -0.2) is 5.91 Å². The zero-order valence-corrected chi connectivity index (χ0v) is 11.6. The summed E-state index contributed by atoms with van der Waals surface area (Å²) in [5.41, 5.74) is 9.70. The number of benzene rings is 2. The average molecular weight is 275 g/mol. The Kier molecular flexibility index (Phi) is 3.76. The van der Waals surface area contributed by atoms with Crippen LogP contribution in [-0.2, 0) is 0 Å². The van der Waals surface area contributed by atoms with Crippen molar-refractivity contribution in [1.82, 2.24) is 0 Å². The zero-order valence-electron chi connectivity index (χ0n) is 10.8. The molecule has 0 fully saturated rings. The predicted octanol–water partition coefficient (Wildman–Crippen LogP) is 3.79. The van der Waals surface area contributed by atoms with E-state index in [1.165, 1.54) is 0 Å². The summed E-state index contributed by atoms with van der Waals surface area (Å²) in [5, 5.41) is 3.41. The summed E-state index contributed by atoms with van der Waals surface area (Å²) in [6.07, 6.45) is 0. The van der Waals surface area contributed by atoms with Crippen molar-refractivity contribution in [3.05, 3.63) is 58.1 Å². The number of anilines is 2. The standard InChI is InChI=1S/C15H15ClN2O/c1-9-7-14(10(2)6-13(9)17)18-15(19)11-4-3-5-12(16)8-11/h3-8H,17H2,1-2H3,(H,18,19). The highest BCUT2D eigenvalue weighted by Gasteiger charge is 2.09. The van der Waals surface area contributed by atoms with E-state index in [-0.39, 0.29) is 5.91 Å². The van der Waals surface area contributed by atoms with Crippen LogP contribution in [0.1, 0.15) is 21.5 Å².